The number of fused-ring (bicyclic) bond motifs is 2. The molecule has 0 aliphatic carbocycles. The molecule has 0 bridgehead atoms. The Morgan fingerprint density at radius 1 is 1.15 bits per heavy atom. The van der Waals surface area contributed by atoms with Gasteiger partial charge in [0.05, 0.1) is 22.4 Å². The van der Waals surface area contributed by atoms with Crippen LogP contribution < -0.4 is 15.8 Å². The van der Waals surface area contributed by atoms with E-state index >= 15 is 0 Å². The number of anilines is 2. The zero-order chi connectivity index (χ0) is 29.6. The van der Waals surface area contributed by atoms with Crippen LogP contribution in [-0.4, -0.2) is 52.5 Å². The fourth-order valence-electron chi connectivity index (χ4n) is 4.62. The third kappa shape index (κ3) is 6.05. The van der Waals surface area contributed by atoms with Gasteiger partial charge in [0.15, 0.2) is 0 Å². The lowest BCUT2D eigenvalue weighted by molar-refractivity contribution is -0.0189. The van der Waals surface area contributed by atoms with E-state index in [1.165, 1.54) is 0 Å². The van der Waals surface area contributed by atoms with E-state index in [0.29, 0.717) is 34.2 Å². The van der Waals surface area contributed by atoms with Crippen LogP contribution in [0.4, 0.5) is 11.6 Å². The molecule has 0 unspecified atom stereocenters. The molecule has 10 nitrogen and oxygen atoms in total. The Balaban J connectivity index is 1.69. The van der Waals surface area contributed by atoms with Crippen molar-refractivity contribution in [2.45, 2.75) is 78.6 Å². The van der Waals surface area contributed by atoms with Gasteiger partial charge in [-0.25, -0.2) is 28.2 Å². The van der Waals surface area contributed by atoms with Crippen LogP contribution in [0.1, 0.15) is 82.9 Å². The Kier molecular flexibility index (Phi) is 7.85. The molecule has 4 rings (SSSR count). The highest BCUT2D eigenvalue weighted by Gasteiger charge is 2.40. The second-order valence-corrected chi connectivity index (χ2v) is 14.2. The molecule has 1 aliphatic heterocycles. The molecule has 0 amide bonds. The van der Waals surface area contributed by atoms with Gasteiger partial charge in [-0.1, -0.05) is 20.8 Å². The maximum Gasteiger partial charge on any atom is 0.340 e. The average molecular weight is 570 g/mol. The molecule has 11 heteroatoms. The zero-order valence-electron chi connectivity index (χ0n) is 24.4. The Bertz CT molecular complexity index is 1550. The predicted molar refractivity (Wildman–Crippen MR) is 156 cm³/mol. The number of ether oxygens (including phenoxy) is 2. The van der Waals surface area contributed by atoms with E-state index in [1.807, 2.05) is 54.5 Å². The summed E-state index contributed by atoms with van der Waals surface area (Å²) >= 11 is 0. The normalized spacial score (nSPS) is 18.5. The van der Waals surface area contributed by atoms with E-state index in [0.717, 1.165) is 10.9 Å². The number of hydrogen-bond donors (Lipinski definition) is 2. The van der Waals surface area contributed by atoms with Crippen molar-refractivity contribution in [3.05, 3.63) is 47.4 Å². The molecule has 1 aliphatic rings. The molecular weight excluding hydrogens is 530 g/mol. The molecule has 0 fully saturated rings. The van der Waals surface area contributed by atoms with Crippen LogP contribution in [0.2, 0.25) is 0 Å². The molecule has 40 heavy (non-hydrogen) atoms. The van der Waals surface area contributed by atoms with Crippen LogP contribution in [0.5, 0.6) is 5.88 Å². The molecule has 4 heterocycles. The minimum absolute atomic E-state index is 0.0319. The topological polar surface area (TPSA) is 146 Å². The van der Waals surface area contributed by atoms with E-state index < -0.39 is 27.1 Å². The molecule has 3 aromatic heterocycles. The van der Waals surface area contributed by atoms with Gasteiger partial charge in [-0.2, -0.15) is 0 Å². The highest BCUT2D eigenvalue weighted by atomic mass is 32.2. The molecule has 0 saturated carbocycles. The number of nitrogens with two attached hydrogens (primary N) is 1. The van der Waals surface area contributed by atoms with Gasteiger partial charge in [-0.15, -0.1) is 0 Å². The highest BCUT2D eigenvalue weighted by molar-refractivity contribution is 7.91. The van der Waals surface area contributed by atoms with Crippen LogP contribution in [0, 0.1) is 5.92 Å². The Morgan fingerprint density at radius 2 is 1.85 bits per heavy atom. The second-order valence-electron chi connectivity index (χ2n) is 11.8. The molecule has 3 N–H and O–H groups in total. The SMILES string of the molecule is CCS(=O)(=O)C[C@H](C)[C@@H](C)Oc1ncc(C(C)(C)N)c2cc(Nc3ccc4c(n3)[C@@H](C)C(C)(C)OC4=O)ncc12. The van der Waals surface area contributed by atoms with Crippen molar-refractivity contribution in [3.8, 4) is 5.88 Å². The number of pyridine rings is 3. The maximum absolute atomic E-state index is 12.5. The van der Waals surface area contributed by atoms with Crippen molar-refractivity contribution in [2.24, 2.45) is 11.7 Å². The predicted octanol–water partition coefficient (Wildman–Crippen LogP) is 4.85. The van der Waals surface area contributed by atoms with Gasteiger partial charge < -0.3 is 20.5 Å². The van der Waals surface area contributed by atoms with Gasteiger partial charge in [0, 0.05) is 35.5 Å². The summed E-state index contributed by atoms with van der Waals surface area (Å²) in [4.78, 5) is 26.3. The van der Waals surface area contributed by atoms with E-state index in [4.69, 9.17) is 20.2 Å². The van der Waals surface area contributed by atoms with Crippen molar-refractivity contribution in [3.63, 3.8) is 0 Å². The summed E-state index contributed by atoms with van der Waals surface area (Å²) in [5.41, 5.74) is 7.04. The van der Waals surface area contributed by atoms with Gasteiger partial charge >= 0.3 is 5.97 Å². The van der Waals surface area contributed by atoms with Gasteiger partial charge in [0.1, 0.15) is 33.2 Å². The standard InChI is InChI=1S/C29H39N5O5S/c1-9-40(36,37)15-16(2)18(4)38-26-21-13-31-24(12-20(21)22(14-32-26)28(5,6)30)33-23-11-10-19-25(34-23)17(3)29(7,8)39-27(19)35/h10-14,16-18H,9,15,30H2,1-8H3,(H,31,33,34)/t16-,17+,18+/m0/s1. The second kappa shape index (κ2) is 10.6. The quantitative estimate of drug-likeness (QED) is 0.343. The largest absolute Gasteiger partial charge is 0.474 e. The van der Waals surface area contributed by atoms with Crippen LogP contribution >= 0.6 is 0 Å². The summed E-state index contributed by atoms with van der Waals surface area (Å²) in [5.74, 6) is 0.836. The molecule has 3 atom stereocenters. The number of cyclic esters (lactones) is 1. The Hall–Kier alpha value is -3.31. The van der Waals surface area contributed by atoms with Crippen LogP contribution in [0.15, 0.2) is 30.6 Å². The van der Waals surface area contributed by atoms with Crippen molar-refractivity contribution in [2.75, 3.05) is 16.8 Å². The fourth-order valence-corrected chi connectivity index (χ4v) is 5.93. The summed E-state index contributed by atoms with van der Waals surface area (Å²) < 4.78 is 36.0. The third-order valence-corrected chi connectivity index (χ3v) is 9.61. The van der Waals surface area contributed by atoms with Gasteiger partial charge in [0.25, 0.3) is 0 Å². The highest BCUT2D eigenvalue weighted by Crippen LogP contribution is 2.38. The lowest BCUT2D eigenvalue weighted by Gasteiger charge is -2.36. The summed E-state index contributed by atoms with van der Waals surface area (Å²) in [6, 6.07) is 5.30. The lowest BCUT2D eigenvalue weighted by atomic mass is 9.84. The number of esters is 1. The number of nitrogens with one attached hydrogen (secondary N) is 1. The van der Waals surface area contributed by atoms with Crippen molar-refractivity contribution >= 4 is 38.2 Å². The zero-order valence-corrected chi connectivity index (χ0v) is 25.2. The van der Waals surface area contributed by atoms with Crippen LogP contribution in [-0.2, 0) is 20.1 Å². The number of aromatic nitrogens is 3. The number of hydrogen-bond acceptors (Lipinski definition) is 10. The third-order valence-electron chi connectivity index (χ3n) is 7.69. The van der Waals surface area contributed by atoms with E-state index in [1.54, 1.807) is 31.5 Å². The number of sulfone groups is 1. The average Bonchev–Trinajstić information content (AvgIpc) is 2.86. The van der Waals surface area contributed by atoms with Crippen molar-refractivity contribution in [1.29, 1.82) is 0 Å². The fraction of sp³-hybridized carbons (Fsp3) is 0.517. The van der Waals surface area contributed by atoms with Gasteiger partial charge in [0.2, 0.25) is 5.88 Å². The molecular formula is C29H39N5O5S. The summed E-state index contributed by atoms with van der Waals surface area (Å²) in [6.07, 6.45) is 2.95. The monoisotopic (exact) mass is 569 g/mol. The van der Waals surface area contributed by atoms with E-state index in [2.05, 4.69) is 15.3 Å². The summed E-state index contributed by atoms with van der Waals surface area (Å²) in [7, 11) is -3.15. The molecule has 216 valence electrons. The first-order valence-electron chi connectivity index (χ1n) is 13.5. The Labute approximate surface area is 236 Å². The minimum atomic E-state index is -3.15. The number of nitrogens with zero attached hydrogens (tertiary/aromatic N) is 3. The van der Waals surface area contributed by atoms with E-state index in [-0.39, 0.29) is 29.3 Å². The van der Waals surface area contributed by atoms with Gasteiger partial charge in [-0.05, 0) is 63.8 Å². The van der Waals surface area contributed by atoms with Crippen LogP contribution in [0.3, 0.4) is 0 Å². The first-order chi connectivity index (χ1) is 18.5. The number of rotatable bonds is 9. The summed E-state index contributed by atoms with van der Waals surface area (Å²) in [5, 5.41) is 4.72. The molecule has 0 saturated heterocycles. The van der Waals surface area contributed by atoms with Crippen molar-refractivity contribution in [1.82, 2.24) is 15.0 Å². The van der Waals surface area contributed by atoms with E-state index in [9.17, 15) is 13.2 Å². The molecule has 0 radical (unpaired) electrons. The maximum atomic E-state index is 12.5. The van der Waals surface area contributed by atoms with Crippen LogP contribution in [0.25, 0.3) is 10.8 Å². The van der Waals surface area contributed by atoms with Gasteiger partial charge in [-0.3, -0.25) is 0 Å². The lowest BCUT2D eigenvalue weighted by Crippen LogP contribution is -2.39. The summed E-state index contributed by atoms with van der Waals surface area (Å²) in [6.45, 7) is 14.9. The number of carbonyl (C=O) groups excluding carboxylic acids is 1. The number of carbonyl (C=O) groups is 1. The molecule has 3 aromatic rings. The Morgan fingerprint density at radius 3 is 2.50 bits per heavy atom. The smallest absolute Gasteiger partial charge is 0.340 e. The molecule has 0 spiro atoms. The van der Waals surface area contributed by atoms with Crippen molar-refractivity contribution < 1.29 is 22.7 Å². The first kappa shape index (κ1) is 29.7. The minimum Gasteiger partial charge on any atom is -0.474 e. The molecule has 0 aromatic carbocycles. The first-order valence-corrected chi connectivity index (χ1v) is 15.3.